The Kier molecular flexibility index (Phi) is 7.59. The Morgan fingerprint density at radius 1 is 1.33 bits per heavy atom. The minimum atomic E-state index is -4.51. The molecule has 162 valence electrons. The number of anilines is 1. The number of nitrogens with zero attached hydrogens (tertiary/aromatic N) is 3. The lowest BCUT2D eigenvalue weighted by Gasteiger charge is -2.23. The fourth-order valence-corrected chi connectivity index (χ4v) is 3.14. The van der Waals surface area contributed by atoms with Gasteiger partial charge in [0.05, 0.1) is 24.3 Å². The monoisotopic (exact) mass is 426 g/mol. The van der Waals surface area contributed by atoms with E-state index in [-0.39, 0.29) is 31.0 Å². The molecule has 2 rings (SSSR count). The molecule has 0 spiro atoms. The van der Waals surface area contributed by atoms with Crippen LogP contribution < -0.4 is 5.32 Å². The zero-order valence-corrected chi connectivity index (χ0v) is 16.6. The van der Waals surface area contributed by atoms with Crippen LogP contribution in [0.2, 0.25) is 0 Å². The van der Waals surface area contributed by atoms with E-state index in [4.69, 9.17) is 5.11 Å². The topological polar surface area (TPSA) is 81.3 Å². The number of nitrogens with one attached hydrogen (secondary N) is 1. The van der Waals surface area contributed by atoms with Crippen LogP contribution in [0, 0.1) is 31.0 Å². The molecule has 0 fully saturated rings. The van der Waals surface area contributed by atoms with E-state index in [1.165, 1.54) is 22.8 Å². The smallest absolute Gasteiger partial charge is 0.396 e. The first-order valence-corrected chi connectivity index (χ1v) is 9.15. The first-order valence-electron chi connectivity index (χ1n) is 9.15. The summed E-state index contributed by atoms with van der Waals surface area (Å²) in [4.78, 5) is 13.4. The molecule has 0 saturated carbocycles. The molecule has 6 nitrogen and oxygen atoms in total. The number of carbonyl (C=O) groups is 1. The normalized spacial score (nSPS) is 11.6. The molecule has 0 aliphatic carbocycles. The summed E-state index contributed by atoms with van der Waals surface area (Å²) in [6.45, 7) is 1.02. The number of carbonyl (C=O) groups excluding carboxylic acids is 1. The van der Waals surface area contributed by atoms with Crippen molar-refractivity contribution in [2.75, 3.05) is 31.6 Å². The first-order chi connectivity index (χ1) is 14.1. The van der Waals surface area contributed by atoms with Gasteiger partial charge in [-0.2, -0.15) is 18.4 Å². The third-order valence-corrected chi connectivity index (χ3v) is 4.55. The van der Waals surface area contributed by atoms with Crippen molar-refractivity contribution in [3.63, 3.8) is 0 Å². The van der Waals surface area contributed by atoms with Gasteiger partial charge in [0.25, 0.3) is 0 Å². The summed E-state index contributed by atoms with van der Waals surface area (Å²) >= 11 is 0. The highest BCUT2D eigenvalue weighted by Crippen LogP contribution is 2.30. The average Bonchev–Trinajstić information content (AvgIpc) is 2.88. The van der Waals surface area contributed by atoms with Crippen LogP contribution in [0.3, 0.4) is 0 Å². The summed E-state index contributed by atoms with van der Waals surface area (Å²) in [5, 5.41) is 20.9. The number of halogens is 4. The number of hydrogen-bond acceptors (Lipinski definition) is 4. The minimum absolute atomic E-state index is 0.0669. The second-order valence-corrected chi connectivity index (χ2v) is 6.81. The average molecular weight is 426 g/mol. The number of nitriles is 1. The molecule has 0 unspecified atom stereocenters. The van der Waals surface area contributed by atoms with E-state index in [9.17, 15) is 27.6 Å². The fourth-order valence-electron chi connectivity index (χ4n) is 3.14. The van der Waals surface area contributed by atoms with Crippen LogP contribution >= 0.6 is 0 Å². The molecule has 10 heteroatoms. The second-order valence-electron chi connectivity index (χ2n) is 6.81. The number of aliphatic hydroxyl groups excluding tert-OH is 1. The highest BCUT2D eigenvalue weighted by molar-refractivity contribution is 5.93. The van der Waals surface area contributed by atoms with E-state index < -0.39 is 31.0 Å². The Hall–Kier alpha value is -2.90. The number of aliphatic hydroxyl groups is 1. The summed E-state index contributed by atoms with van der Waals surface area (Å²) in [6, 6.07) is 7.51. The zero-order chi connectivity index (χ0) is 22.5. The van der Waals surface area contributed by atoms with Crippen LogP contribution in [0.25, 0.3) is 5.69 Å². The van der Waals surface area contributed by atoms with Gasteiger partial charge in [0, 0.05) is 18.8 Å². The van der Waals surface area contributed by atoms with Gasteiger partial charge in [-0.05, 0) is 44.0 Å². The van der Waals surface area contributed by atoms with Gasteiger partial charge in [-0.15, -0.1) is 0 Å². The van der Waals surface area contributed by atoms with E-state index in [1.54, 1.807) is 19.9 Å². The molecule has 0 atom stereocenters. The van der Waals surface area contributed by atoms with Crippen molar-refractivity contribution in [1.29, 1.82) is 5.26 Å². The van der Waals surface area contributed by atoms with Crippen LogP contribution in [-0.2, 0) is 4.79 Å². The number of alkyl halides is 3. The van der Waals surface area contributed by atoms with Crippen molar-refractivity contribution in [1.82, 2.24) is 9.47 Å². The highest BCUT2D eigenvalue weighted by Gasteiger charge is 2.31. The number of amides is 1. The largest absolute Gasteiger partial charge is 0.401 e. The van der Waals surface area contributed by atoms with Gasteiger partial charge in [0.1, 0.15) is 17.7 Å². The van der Waals surface area contributed by atoms with E-state index >= 15 is 0 Å². The predicted molar refractivity (Wildman–Crippen MR) is 103 cm³/mol. The third kappa shape index (κ3) is 5.81. The van der Waals surface area contributed by atoms with Crippen molar-refractivity contribution in [2.24, 2.45) is 0 Å². The van der Waals surface area contributed by atoms with E-state index in [0.717, 1.165) is 4.90 Å². The second kappa shape index (κ2) is 9.73. The lowest BCUT2D eigenvalue weighted by molar-refractivity contribution is -0.148. The van der Waals surface area contributed by atoms with Crippen LogP contribution in [0.4, 0.5) is 23.4 Å². The molecule has 0 radical (unpaired) electrons. The first kappa shape index (κ1) is 23.4. The van der Waals surface area contributed by atoms with Gasteiger partial charge in [0.2, 0.25) is 5.91 Å². The summed E-state index contributed by atoms with van der Waals surface area (Å²) in [6.07, 6.45) is -4.44. The number of rotatable bonds is 8. The predicted octanol–water partition coefficient (Wildman–Crippen LogP) is 3.29. The number of hydrogen-bond donors (Lipinski definition) is 2. The lowest BCUT2D eigenvalue weighted by Crippen LogP contribution is -2.40. The molecule has 2 aromatic rings. The van der Waals surface area contributed by atoms with Crippen molar-refractivity contribution < 1.29 is 27.5 Å². The van der Waals surface area contributed by atoms with E-state index in [0.29, 0.717) is 16.9 Å². The Morgan fingerprint density at radius 3 is 2.60 bits per heavy atom. The van der Waals surface area contributed by atoms with E-state index in [1.807, 2.05) is 6.07 Å². The Bertz CT molecular complexity index is 948. The van der Waals surface area contributed by atoms with Crippen molar-refractivity contribution in [3.05, 3.63) is 46.9 Å². The van der Waals surface area contributed by atoms with Crippen LogP contribution in [0.15, 0.2) is 24.3 Å². The highest BCUT2D eigenvalue weighted by atomic mass is 19.4. The number of aromatic nitrogens is 1. The number of benzene rings is 1. The van der Waals surface area contributed by atoms with Gasteiger partial charge in [-0.1, -0.05) is 6.07 Å². The summed E-state index contributed by atoms with van der Waals surface area (Å²) in [5.41, 5.74) is 1.65. The quantitative estimate of drug-likeness (QED) is 0.635. The van der Waals surface area contributed by atoms with Crippen LogP contribution in [0.1, 0.15) is 23.2 Å². The standard InChI is InChI=1S/C20H22F4N4O2/c1-13-14(2)28(16-6-3-5-15(21)9-16)19(17(13)10-25)26-18(30)11-27(7-4-8-29)12-20(22,23)24/h3,5-6,9,29H,4,7-8,11-12H2,1-2H3,(H,26,30). The van der Waals surface area contributed by atoms with E-state index in [2.05, 4.69) is 5.32 Å². The molecular weight excluding hydrogens is 404 g/mol. The molecule has 30 heavy (non-hydrogen) atoms. The lowest BCUT2D eigenvalue weighted by atomic mass is 10.2. The van der Waals surface area contributed by atoms with Gasteiger partial charge < -0.3 is 10.4 Å². The zero-order valence-electron chi connectivity index (χ0n) is 16.6. The van der Waals surface area contributed by atoms with Crippen molar-refractivity contribution in [2.45, 2.75) is 26.4 Å². The van der Waals surface area contributed by atoms with Crippen molar-refractivity contribution >= 4 is 11.7 Å². The summed E-state index contributed by atoms with van der Waals surface area (Å²) < 4.78 is 53.6. The van der Waals surface area contributed by atoms with Gasteiger partial charge in [0.15, 0.2) is 0 Å². The SMILES string of the molecule is Cc1c(C#N)c(NC(=O)CN(CCCO)CC(F)(F)F)n(-c2cccc(F)c2)c1C. The molecule has 0 saturated heterocycles. The van der Waals surface area contributed by atoms with Crippen LogP contribution in [-0.4, -0.2) is 52.9 Å². The summed E-state index contributed by atoms with van der Waals surface area (Å²) in [7, 11) is 0. The molecule has 0 aliphatic heterocycles. The Morgan fingerprint density at radius 2 is 2.03 bits per heavy atom. The van der Waals surface area contributed by atoms with Gasteiger partial charge >= 0.3 is 6.18 Å². The molecule has 0 bridgehead atoms. The van der Waals surface area contributed by atoms with Gasteiger partial charge in [-0.25, -0.2) is 4.39 Å². The molecule has 1 aromatic heterocycles. The maximum atomic E-state index is 13.7. The third-order valence-electron chi connectivity index (χ3n) is 4.55. The minimum Gasteiger partial charge on any atom is -0.396 e. The maximum absolute atomic E-state index is 13.7. The fraction of sp³-hybridized carbons (Fsp3) is 0.400. The molecule has 1 heterocycles. The maximum Gasteiger partial charge on any atom is 0.401 e. The molecular formula is C20H22F4N4O2. The molecule has 1 aromatic carbocycles. The molecule has 1 amide bonds. The molecule has 2 N–H and O–H groups in total. The van der Waals surface area contributed by atoms with Crippen molar-refractivity contribution in [3.8, 4) is 11.8 Å². The Balaban J connectivity index is 2.35. The Labute approximate surface area is 171 Å². The van der Waals surface area contributed by atoms with Crippen LogP contribution in [0.5, 0.6) is 0 Å². The van der Waals surface area contributed by atoms with Gasteiger partial charge in [-0.3, -0.25) is 14.3 Å². The summed E-state index contributed by atoms with van der Waals surface area (Å²) in [5.74, 6) is -1.21. The molecule has 0 aliphatic rings.